The highest BCUT2D eigenvalue weighted by Crippen LogP contribution is 2.28. The molecule has 0 aliphatic heterocycles. The maximum Gasteiger partial charge on any atom is 0.0346 e. The minimum atomic E-state index is 0.852. The lowest BCUT2D eigenvalue weighted by Gasteiger charge is -2.12. The van der Waals surface area contributed by atoms with E-state index in [0.717, 1.165) is 6.54 Å². The first-order valence-electron chi connectivity index (χ1n) is 6.28. The lowest BCUT2D eigenvalue weighted by molar-refractivity contribution is 0.813. The van der Waals surface area contributed by atoms with Crippen molar-refractivity contribution in [3.05, 3.63) is 52.8 Å². The summed E-state index contributed by atoms with van der Waals surface area (Å²) < 4.78 is 0. The van der Waals surface area contributed by atoms with E-state index in [9.17, 15) is 0 Å². The molecule has 2 heteroatoms. The van der Waals surface area contributed by atoms with Crippen molar-refractivity contribution in [2.45, 2.75) is 27.3 Å². The summed E-state index contributed by atoms with van der Waals surface area (Å²) >= 11 is 0. The summed E-state index contributed by atoms with van der Waals surface area (Å²) in [7, 11) is 1.95. The first-order valence-corrected chi connectivity index (χ1v) is 6.28. The highest BCUT2D eigenvalue weighted by molar-refractivity contribution is 5.71. The molecule has 2 aromatic rings. The van der Waals surface area contributed by atoms with E-state index in [0.29, 0.717) is 0 Å². The number of rotatable bonds is 3. The van der Waals surface area contributed by atoms with Gasteiger partial charge in [-0.05, 0) is 56.1 Å². The van der Waals surface area contributed by atoms with Gasteiger partial charge in [0.05, 0.1) is 0 Å². The van der Waals surface area contributed by atoms with Crippen LogP contribution in [-0.4, -0.2) is 12.0 Å². The van der Waals surface area contributed by atoms with Crippen LogP contribution in [-0.2, 0) is 6.54 Å². The van der Waals surface area contributed by atoms with E-state index in [2.05, 4.69) is 49.3 Å². The molecule has 18 heavy (non-hydrogen) atoms. The molecule has 0 fully saturated rings. The monoisotopic (exact) mass is 240 g/mol. The number of aromatic nitrogens is 1. The minimum Gasteiger partial charge on any atom is -0.316 e. The molecule has 0 aliphatic carbocycles. The van der Waals surface area contributed by atoms with Gasteiger partial charge in [0.2, 0.25) is 0 Å². The second-order valence-corrected chi connectivity index (χ2v) is 4.89. The van der Waals surface area contributed by atoms with Gasteiger partial charge in [0.15, 0.2) is 0 Å². The Morgan fingerprint density at radius 3 is 2.28 bits per heavy atom. The van der Waals surface area contributed by atoms with Crippen LogP contribution in [0.15, 0.2) is 30.6 Å². The van der Waals surface area contributed by atoms with E-state index < -0.39 is 0 Å². The van der Waals surface area contributed by atoms with Crippen molar-refractivity contribution in [1.29, 1.82) is 0 Å². The van der Waals surface area contributed by atoms with Crippen molar-refractivity contribution >= 4 is 0 Å². The van der Waals surface area contributed by atoms with Crippen molar-refractivity contribution in [1.82, 2.24) is 10.3 Å². The van der Waals surface area contributed by atoms with E-state index in [-0.39, 0.29) is 0 Å². The number of hydrogen-bond donors (Lipinski definition) is 1. The van der Waals surface area contributed by atoms with E-state index in [1.807, 2.05) is 19.4 Å². The smallest absolute Gasteiger partial charge is 0.0346 e. The van der Waals surface area contributed by atoms with Crippen molar-refractivity contribution in [3.63, 3.8) is 0 Å². The SMILES string of the molecule is CNCc1cncc(-c2c(C)cc(C)cc2C)c1. The van der Waals surface area contributed by atoms with Crippen LogP contribution in [0.1, 0.15) is 22.3 Å². The average molecular weight is 240 g/mol. The Labute approximate surface area is 109 Å². The molecule has 2 nitrogen and oxygen atoms in total. The van der Waals surface area contributed by atoms with Gasteiger partial charge in [-0.1, -0.05) is 17.7 Å². The fraction of sp³-hybridized carbons (Fsp3) is 0.312. The average Bonchev–Trinajstić information content (AvgIpc) is 2.28. The Kier molecular flexibility index (Phi) is 3.78. The molecule has 0 saturated carbocycles. The predicted molar refractivity (Wildman–Crippen MR) is 76.6 cm³/mol. The Hall–Kier alpha value is -1.67. The third kappa shape index (κ3) is 2.59. The molecule has 1 aromatic carbocycles. The summed E-state index contributed by atoms with van der Waals surface area (Å²) in [5.41, 5.74) is 7.68. The number of hydrogen-bond acceptors (Lipinski definition) is 2. The van der Waals surface area contributed by atoms with E-state index >= 15 is 0 Å². The number of aryl methyl sites for hydroxylation is 3. The number of nitrogens with zero attached hydrogens (tertiary/aromatic N) is 1. The molecule has 0 saturated heterocycles. The van der Waals surface area contributed by atoms with Gasteiger partial charge >= 0.3 is 0 Å². The van der Waals surface area contributed by atoms with Gasteiger partial charge in [-0.15, -0.1) is 0 Å². The van der Waals surface area contributed by atoms with Crippen molar-refractivity contribution in [2.75, 3.05) is 7.05 Å². The van der Waals surface area contributed by atoms with Gasteiger partial charge in [0.25, 0.3) is 0 Å². The molecule has 1 heterocycles. The third-order valence-corrected chi connectivity index (χ3v) is 3.14. The van der Waals surface area contributed by atoms with Gasteiger partial charge in [-0.2, -0.15) is 0 Å². The standard InChI is InChI=1S/C16H20N2/c1-11-5-12(2)16(13(3)6-11)15-7-14(8-17-4)9-18-10-15/h5-7,9-10,17H,8H2,1-4H3. The van der Waals surface area contributed by atoms with Crippen molar-refractivity contribution in [2.24, 2.45) is 0 Å². The molecule has 0 radical (unpaired) electrons. The highest BCUT2D eigenvalue weighted by atomic mass is 14.8. The molecular weight excluding hydrogens is 220 g/mol. The Morgan fingerprint density at radius 1 is 1.00 bits per heavy atom. The van der Waals surface area contributed by atoms with Crippen LogP contribution >= 0.6 is 0 Å². The molecule has 0 aliphatic rings. The summed E-state index contributed by atoms with van der Waals surface area (Å²) in [6.07, 6.45) is 3.86. The zero-order chi connectivity index (χ0) is 13.1. The number of pyridine rings is 1. The van der Waals surface area contributed by atoms with Crippen LogP contribution in [0.2, 0.25) is 0 Å². The normalized spacial score (nSPS) is 10.7. The van der Waals surface area contributed by atoms with Crippen LogP contribution < -0.4 is 5.32 Å². The van der Waals surface area contributed by atoms with Crippen LogP contribution in [0.5, 0.6) is 0 Å². The number of benzene rings is 1. The number of nitrogens with one attached hydrogen (secondary N) is 1. The van der Waals surface area contributed by atoms with Gasteiger partial charge in [0, 0.05) is 24.5 Å². The van der Waals surface area contributed by atoms with Crippen LogP contribution in [0.25, 0.3) is 11.1 Å². The van der Waals surface area contributed by atoms with Crippen LogP contribution in [0, 0.1) is 20.8 Å². The zero-order valence-electron chi connectivity index (χ0n) is 11.5. The predicted octanol–water partition coefficient (Wildman–Crippen LogP) is 3.39. The fourth-order valence-corrected chi connectivity index (χ4v) is 2.56. The fourth-order valence-electron chi connectivity index (χ4n) is 2.56. The molecule has 0 unspecified atom stereocenters. The lowest BCUT2D eigenvalue weighted by Crippen LogP contribution is -2.05. The topological polar surface area (TPSA) is 24.9 Å². The summed E-state index contributed by atoms with van der Waals surface area (Å²) in [5.74, 6) is 0. The summed E-state index contributed by atoms with van der Waals surface area (Å²) in [4.78, 5) is 4.34. The van der Waals surface area contributed by atoms with Gasteiger partial charge in [-0.3, -0.25) is 4.98 Å². The molecule has 1 aromatic heterocycles. The lowest BCUT2D eigenvalue weighted by atomic mass is 9.94. The first kappa shape index (κ1) is 12.8. The maximum absolute atomic E-state index is 4.34. The highest BCUT2D eigenvalue weighted by Gasteiger charge is 2.07. The molecule has 0 amide bonds. The quantitative estimate of drug-likeness (QED) is 0.889. The van der Waals surface area contributed by atoms with E-state index in [1.54, 1.807) is 0 Å². The van der Waals surface area contributed by atoms with Crippen molar-refractivity contribution < 1.29 is 0 Å². The summed E-state index contributed by atoms with van der Waals surface area (Å²) in [6, 6.07) is 6.67. The van der Waals surface area contributed by atoms with Gasteiger partial charge in [0.1, 0.15) is 0 Å². The minimum absolute atomic E-state index is 0.852. The molecule has 94 valence electrons. The largest absolute Gasteiger partial charge is 0.316 e. The van der Waals surface area contributed by atoms with Crippen LogP contribution in [0.4, 0.5) is 0 Å². The zero-order valence-corrected chi connectivity index (χ0v) is 11.5. The summed E-state index contributed by atoms with van der Waals surface area (Å²) in [6.45, 7) is 7.32. The third-order valence-electron chi connectivity index (χ3n) is 3.14. The van der Waals surface area contributed by atoms with E-state index in [1.165, 1.54) is 33.4 Å². The Morgan fingerprint density at radius 2 is 1.67 bits per heavy atom. The molecular formula is C16H20N2. The van der Waals surface area contributed by atoms with Gasteiger partial charge < -0.3 is 5.32 Å². The molecule has 0 spiro atoms. The second kappa shape index (κ2) is 5.32. The van der Waals surface area contributed by atoms with Crippen LogP contribution in [0.3, 0.4) is 0 Å². The van der Waals surface area contributed by atoms with E-state index in [4.69, 9.17) is 0 Å². The van der Waals surface area contributed by atoms with Gasteiger partial charge in [-0.25, -0.2) is 0 Å². The Bertz CT molecular complexity index is 536. The molecule has 0 bridgehead atoms. The summed E-state index contributed by atoms with van der Waals surface area (Å²) in [5, 5.41) is 3.16. The second-order valence-electron chi connectivity index (χ2n) is 4.89. The molecule has 2 rings (SSSR count). The maximum atomic E-state index is 4.34. The van der Waals surface area contributed by atoms with Crippen molar-refractivity contribution in [3.8, 4) is 11.1 Å². The molecule has 0 atom stereocenters. The Balaban J connectivity index is 2.51. The molecule has 1 N–H and O–H groups in total. The first-order chi connectivity index (χ1) is 8.61.